The molecule has 2 aliphatic rings. The van der Waals surface area contributed by atoms with Crippen molar-refractivity contribution in [2.24, 2.45) is 0 Å². The molecule has 2 heterocycles. The van der Waals surface area contributed by atoms with Gasteiger partial charge in [0.25, 0.3) is 0 Å². The molecule has 0 spiro atoms. The van der Waals surface area contributed by atoms with Crippen molar-refractivity contribution < 1.29 is 65.3 Å². The molecule has 2 fully saturated rings. The number of ether oxygens (including phenoxy) is 4. The van der Waals surface area contributed by atoms with Crippen molar-refractivity contribution >= 4 is 41.1 Å². The van der Waals surface area contributed by atoms with E-state index in [-0.39, 0.29) is 13.2 Å². The van der Waals surface area contributed by atoms with Crippen LogP contribution in [-0.4, -0.2) is 85.9 Å². The van der Waals surface area contributed by atoms with Crippen LogP contribution >= 0.6 is 17.2 Å². The molecule has 0 aromatic heterocycles. The van der Waals surface area contributed by atoms with E-state index in [0.717, 1.165) is 0 Å². The van der Waals surface area contributed by atoms with Crippen LogP contribution in [0.4, 0.5) is 0 Å². The van der Waals surface area contributed by atoms with Crippen LogP contribution in [0.3, 0.4) is 0 Å². The summed E-state index contributed by atoms with van der Waals surface area (Å²) in [6, 6.07) is 0. The van der Waals surface area contributed by atoms with Crippen molar-refractivity contribution in [3.05, 3.63) is 0 Å². The van der Waals surface area contributed by atoms with Crippen molar-refractivity contribution in [1.29, 1.82) is 0 Å². The summed E-state index contributed by atoms with van der Waals surface area (Å²) in [6.45, 7) is 13.4. The minimum atomic E-state index is -2.05. The molecule has 0 amide bonds. The normalized spacial score (nSPS) is 24.1. The molecule has 0 aromatic rings. The summed E-state index contributed by atoms with van der Waals surface area (Å²) in [5.74, 6) is -3.05. The van der Waals surface area contributed by atoms with Crippen molar-refractivity contribution in [2.45, 2.75) is 111 Å². The molecule has 0 aromatic carbocycles. The van der Waals surface area contributed by atoms with Gasteiger partial charge >= 0.3 is 41.1 Å². The second-order valence-corrected chi connectivity index (χ2v) is 11.8. The van der Waals surface area contributed by atoms with Crippen LogP contribution in [0.25, 0.3) is 0 Å². The Morgan fingerprint density at radius 2 is 0.744 bits per heavy atom. The van der Waals surface area contributed by atoms with Crippen LogP contribution in [0.1, 0.15) is 61.8 Å². The number of esters is 4. The minimum Gasteiger partial charge on any atom is -0.461 e. The van der Waals surface area contributed by atoms with Crippen molar-refractivity contribution in [3.8, 4) is 0 Å². The molecule has 4 atom stereocenters. The highest BCUT2D eigenvalue weighted by Crippen LogP contribution is 2.51. The smallest absolute Gasteiger partial charge is 0.339 e. The summed E-state index contributed by atoms with van der Waals surface area (Å²) in [5, 5.41) is 0. The molecule has 2 saturated heterocycles. The fourth-order valence-corrected chi connectivity index (χ4v) is 5.39. The van der Waals surface area contributed by atoms with E-state index in [9.17, 15) is 19.2 Å². The van der Waals surface area contributed by atoms with E-state index in [4.69, 9.17) is 46.1 Å². The monoisotopic (exact) mass is 600 g/mol. The van der Waals surface area contributed by atoms with E-state index in [2.05, 4.69) is 0 Å². The highest BCUT2D eigenvalue weighted by molar-refractivity contribution is 7.42. The number of rotatable bonds is 14. The van der Waals surface area contributed by atoms with Gasteiger partial charge in [-0.1, -0.05) is 0 Å². The Kier molecular flexibility index (Phi) is 13.9. The first-order valence-corrected chi connectivity index (χ1v) is 14.8. The molecule has 224 valence electrons. The lowest BCUT2D eigenvalue weighted by Gasteiger charge is -2.17. The van der Waals surface area contributed by atoms with Crippen LogP contribution in [0, 0.1) is 0 Å². The van der Waals surface area contributed by atoms with Gasteiger partial charge in [-0.3, -0.25) is 18.1 Å². The fourth-order valence-electron chi connectivity index (χ4n) is 2.96. The lowest BCUT2D eigenvalue weighted by molar-refractivity contribution is -0.167. The molecular weight excluding hydrogens is 562 g/mol. The van der Waals surface area contributed by atoms with Crippen molar-refractivity contribution in [3.63, 3.8) is 0 Å². The highest BCUT2D eigenvalue weighted by Gasteiger charge is 2.50. The lowest BCUT2D eigenvalue weighted by atomic mass is 10.2. The summed E-state index contributed by atoms with van der Waals surface area (Å²) < 4.78 is 53.8. The van der Waals surface area contributed by atoms with Gasteiger partial charge in [0.2, 0.25) is 24.4 Å². The molecule has 0 bridgehead atoms. The molecule has 0 N–H and O–H groups in total. The Hall–Kier alpha value is -1.50. The van der Waals surface area contributed by atoms with Crippen LogP contribution in [0.5, 0.6) is 0 Å². The van der Waals surface area contributed by atoms with Crippen LogP contribution in [0.15, 0.2) is 0 Å². The second-order valence-electron chi connectivity index (χ2n) is 9.51. The zero-order valence-corrected chi connectivity index (χ0v) is 25.1. The molecule has 2 rings (SSSR count). The molecule has 0 aliphatic carbocycles. The topological polar surface area (TPSA) is 161 Å². The van der Waals surface area contributed by atoms with Crippen molar-refractivity contribution in [1.82, 2.24) is 0 Å². The van der Waals surface area contributed by atoms with Gasteiger partial charge in [0.1, 0.15) is 0 Å². The van der Waals surface area contributed by atoms with Gasteiger partial charge < -0.3 is 28.0 Å². The molecular formula is C23H38O14P2. The molecule has 0 radical (unpaired) electrons. The summed E-state index contributed by atoms with van der Waals surface area (Å²) in [5.41, 5.74) is 0. The summed E-state index contributed by atoms with van der Waals surface area (Å²) in [7, 11) is -4.10. The SMILES string of the molecule is CC(C)OC(=O)[C@@H]1OP(OCCCOP2O[C@@H](C(=O)OC(C)C)[C@H](C(=O)OC(C)C)O2)O[C@H]1C(=O)OC(C)C. The van der Waals surface area contributed by atoms with E-state index in [1.807, 2.05) is 0 Å². The van der Waals surface area contributed by atoms with Crippen LogP contribution in [-0.2, 0) is 65.3 Å². The average molecular weight is 600 g/mol. The summed E-state index contributed by atoms with van der Waals surface area (Å²) >= 11 is 0. The quantitative estimate of drug-likeness (QED) is 0.124. The largest absolute Gasteiger partial charge is 0.461 e. The molecule has 2 aliphatic heterocycles. The third-order valence-corrected chi connectivity index (χ3v) is 6.75. The number of hydrogen-bond acceptors (Lipinski definition) is 14. The van der Waals surface area contributed by atoms with Gasteiger partial charge in [-0.15, -0.1) is 0 Å². The van der Waals surface area contributed by atoms with E-state index >= 15 is 0 Å². The third kappa shape index (κ3) is 11.1. The average Bonchev–Trinajstić information content (AvgIpc) is 3.42. The first-order chi connectivity index (χ1) is 18.3. The van der Waals surface area contributed by atoms with E-state index in [1.54, 1.807) is 55.4 Å². The first kappa shape index (κ1) is 33.7. The summed E-state index contributed by atoms with van der Waals surface area (Å²) in [4.78, 5) is 49.6. The zero-order chi connectivity index (χ0) is 29.3. The van der Waals surface area contributed by atoms with E-state index in [1.165, 1.54) is 0 Å². The molecule has 16 heteroatoms. The highest BCUT2D eigenvalue weighted by atomic mass is 31.2. The lowest BCUT2D eigenvalue weighted by Crippen LogP contribution is -2.40. The van der Waals surface area contributed by atoms with E-state index < -0.39 is 89.9 Å². The minimum absolute atomic E-state index is 0.0599. The summed E-state index contributed by atoms with van der Waals surface area (Å²) in [6.07, 6.45) is -6.69. The Morgan fingerprint density at radius 3 is 0.949 bits per heavy atom. The maximum Gasteiger partial charge on any atom is 0.339 e. The van der Waals surface area contributed by atoms with Gasteiger partial charge in [0.15, 0.2) is 0 Å². The predicted octanol–water partition coefficient (Wildman–Crippen LogP) is 3.24. The number of carbonyl (C=O) groups excluding carboxylic acids is 4. The van der Waals surface area contributed by atoms with Gasteiger partial charge in [-0.05, 0) is 61.8 Å². The number of carbonyl (C=O) groups is 4. The zero-order valence-electron chi connectivity index (χ0n) is 23.4. The Morgan fingerprint density at radius 1 is 0.513 bits per heavy atom. The van der Waals surface area contributed by atoms with Crippen LogP contribution < -0.4 is 0 Å². The van der Waals surface area contributed by atoms with Crippen molar-refractivity contribution in [2.75, 3.05) is 13.2 Å². The standard InChI is InChI=1S/C23H38O14P2/c1-12(2)30-20(24)16-17(21(25)31-13(3)4)35-38(34-16)28-10-9-11-29-39-36-18(22(26)32-14(5)6)19(37-39)23(27)33-15(7)8/h12-19H,9-11H2,1-8H3/t16-,17-,18-,19-/m1/s1. The van der Waals surface area contributed by atoms with Gasteiger partial charge in [0, 0.05) is 0 Å². The molecule has 14 nitrogen and oxygen atoms in total. The first-order valence-electron chi connectivity index (χ1n) is 12.6. The van der Waals surface area contributed by atoms with Gasteiger partial charge in [-0.2, -0.15) is 0 Å². The van der Waals surface area contributed by atoms with Gasteiger partial charge in [0.05, 0.1) is 37.6 Å². The maximum atomic E-state index is 12.4. The molecule has 0 saturated carbocycles. The number of hydrogen-bond donors (Lipinski definition) is 0. The van der Waals surface area contributed by atoms with Crippen LogP contribution in [0.2, 0.25) is 0 Å². The Bertz CT molecular complexity index is 710. The van der Waals surface area contributed by atoms with Gasteiger partial charge in [-0.25, -0.2) is 19.2 Å². The maximum absolute atomic E-state index is 12.4. The Balaban J connectivity index is 1.85. The fraction of sp³-hybridized carbons (Fsp3) is 0.826. The second kappa shape index (κ2) is 16.1. The third-order valence-electron chi connectivity index (χ3n) is 4.37. The molecule has 39 heavy (non-hydrogen) atoms. The Labute approximate surface area is 230 Å². The predicted molar refractivity (Wildman–Crippen MR) is 135 cm³/mol. The van der Waals surface area contributed by atoms with E-state index in [0.29, 0.717) is 6.42 Å². The molecule has 0 unspecified atom stereocenters.